The summed E-state index contributed by atoms with van der Waals surface area (Å²) in [6, 6.07) is 17.0. The molecule has 0 bridgehead atoms. The molecule has 0 saturated heterocycles. The van der Waals surface area contributed by atoms with Crippen LogP contribution in [0.5, 0.6) is 0 Å². The minimum absolute atomic E-state index is 0.0445. The highest BCUT2D eigenvalue weighted by Crippen LogP contribution is 2.20. The first-order chi connectivity index (χ1) is 14.2. The Balaban J connectivity index is 1.72. The highest BCUT2D eigenvalue weighted by atomic mass is 32.2. The largest absolute Gasteiger partial charge is 0.366 e. The summed E-state index contributed by atoms with van der Waals surface area (Å²) in [5.41, 5.74) is 8.81. The number of aryl methyl sites for hydroxylation is 2. The van der Waals surface area contributed by atoms with Crippen LogP contribution in [0.25, 0.3) is 0 Å². The summed E-state index contributed by atoms with van der Waals surface area (Å²) in [4.78, 5) is 23.5. The van der Waals surface area contributed by atoms with Gasteiger partial charge < -0.3 is 11.1 Å². The second-order valence-corrected chi connectivity index (χ2v) is 8.51. The Morgan fingerprint density at radius 1 is 0.767 bits per heavy atom. The van der Waals surface area contributed by atoms with E-state index in [1.807, 2.05) is 19.9 Å². The molecule has 0 atom stereocenters. The van der Waals surface area contributed by atoms with E-state index in [9.17, 15) is 18.0 Å². The zero-order valence-corrected chi connectivity index (χ0v) is 17.3. The smallest absolute Gasteiger partial charge is 0.261 e. The third kappa shape index (κ3) is 4.84. The molecule has 154 valence electrons. The summed E-state index contributed by atoms with van der Waals surface area (Å²) in [6.45, 7) is 3.85. The molecule has 0 fully saturated rings. The van der Waals surface area contributed by atoms with Gasteiger partial charge in [-0.25, -0.2) is 8.42 Å². The molecule has 7 nitrogen and oxygen atoms in total. The normalized spacial score (nSPS) is 11.0. The van der Waals surface area contributed by atoms with Crippen molar-refractivity contribution >= 4 is 33.2 Å². The Labute approximate surface area is 175 Å². The van der Waals surface area contributed by atoms with Crippen LogP contribution in [0.15, 0.2) is 71.6 Å². The van der Waals surface area contributed by atoms with E-state index in [1.54, 1.807) is 24.3 Å². The number of benzene rings is 3. The molecular weight excluding hydrogens is 402 g/mol. The fourth-order valence-corrected chi connectivity index (χ4v) is 3.78. The van der Waals surface area contributed by atoms with Crippen molar-refractivity contribution in [1.29, 1.82) is 0 Å². The molecule has 0 heterocycles. The average molecular weight is 423 g/mol. The molecule has 8 heteroatoms. The van der Waals surface area contributed by atoms with Crippen LogP contribution in [0.3, 0.4) is 0 Å². The van der Waals surface area contributed by atoms with Gasteiger partial charge in [-0.3, -0.25) is 14.3 Å². The first-order valence-electron chi connectivity index (χ1n) is 9.07. The maximum Gasteiger partial charge on any atom is 0.261 e. The predicted molar refractivity (Wildman–Crippen MR) is 116 cm³/mol. The lowest BCUT2D eigenvalue weighted by molar-refractivity contribution is 0.0998. The lowest BCUT2D eigenvalue weighted by Gasteiger charge is -2.11. The Kier molecular flexibility index (Phi) is 5.89. The monoisotopic (exact) mass is 423 g/mol. The molecule has 0 radical (unpaired) electrons. The number of anilines is 2. The standard InChI is InChI=1S/C22H21N3O4S/c1-14-3-8-19(13-15(14)2)25-30(28,29)20-11-6-17(7-12-20)22(27)24-18-9-4-16(5-10-18)21(23)26/h3-13,25H,1-2H3,(H2,23,26)(H,24,27). The summed E-state index contributed by atoms with van der Waals surface area (Å²) in [5, 5.41) is 2.68. The second kappa shape index (κ2) is 8.38. The van der Waals surface area contributed by atoms with Crippen LogP contribution < -0.4 is 15.8 Å². The van der Waals surface area contributed by atoms with Crippen molar-refractivity contribution in [3.63, 3.8) is 0 Å². The van der Waals surface area contributed by atoms with E-state index >= 15 is 0 Å². The van der Waals surface area contributed by atoms with E-state index in [1.165, 1.54) is 36.4 Å². The third-order valence-corrected chi connectivity index (χ3v) is 6.01. The zero-order chi connectivity index (χ0) is 21.9. The van der Waals surface area contributed by atoms with Crippen LogP contribution in [0, 0.1) is 13.8 Å². The third-order valence-electron chi connectivity index (χ3n) is 4.61. The fraction of sp³-hybridized carbons (Fsp3) is 0.0909. The van der Waals surface area contributed by atoms with E-state index in [4.69, 9.17) is 5.73 Å². The number of sulfonamides is 1. The summed E-state index contributed by atoms with van der Waals surface area (Å²) >= 11 is 0. The Morgan fingerprint density at radius 3 is 1.90 bits per heavy atom. The highest BCUT2D eigenvalue weighted by molar-refractivity contribution is 7.92. The van der Waals surface area contributed by atoms with Crippen LogP contribution in [-0.2, 0) is 10.0 Å². The van der Waals surface area contributed by atoms with Gasteiger partial charge in [0.2, 0.25) is 5.91 Å². The van der Waals surface area contributed by atoms with Crippen LogP contribution in [0.1, 0.15) is 31.8 Å². The molecule has 0 saturated carbocycles. The van der Waals surface area contributed by atoms with Crippen molar-refractivity contribution < 1.29 is 18.0 Å². The maximum absolute atomic E-state index is 12.6. The number of amides is 2. The molecule has 0 aliphatic rings. The highest BCUT2D eigenvalue weighted by Gasteiger charge is 2.16. The van der Waals surface area contributed by atoms with Gasteiger partial charge in [0.05, 0.1) is 4.90 Å². The first kappa shape index (κ1) is 21.1. The molecule has 0 aliphatic heterocycles. The van der Waals surface area contributed by atoms with E-state index in [2.05, 4.69) is 10.0 Å². The second-order valence-electron chi connectivity index (χ2n) is 6.82. The van der Waals surface area contributed by atoms with E-state index in [0.29, 0.717) is 22.5 Å². The van der Waals surface area contributed by atoms with Gasteiger partial charge in [-0.1, -0.05) is 6.07 Å². The van der Waals surface area contributed by atoms with Gasteiger partial charge in [-0.15, -0.1) is 0 Å². The summed E-state index contributed by atoms with van der Waals surface area (Å²) in [5.74, 6) is -0.966. The van der Waals surface area contributed by atoms with Gasteiger partial charge in [-0.05, 0) is 85.6 Å². The molecule has 3 aromatic rings. The van der Waals surface area contributed by atoms with Gasteiger partial charge >= 0.3 is 0 Å². The molecule has 3 rings (SSSR count). The summed E-state index contributed by atoms with van der Waals surface area (Å²) in [6.07, 6.45) is 0. The maximum atomic E-state index is 12.6. The van der Waals surface area contributed by atoms with Gasteiger partial charge in [0, 0.05) is 22.5 Å². The Hall–Kier alpha value is -3.65. The van der Waals surface area contributed by atoms with Crippen LogP contribution in [-0.4, -0.2) is 20.2 Å². The molecule has 4 N–H and O–H groups in total. The van der Waals surface area contributed by atoms with E-state index in [-0.39, 0.29) is 4.90 Å². The number of rotatable bonds is 6. The minimum Gasteiger partial charge on any atom is -0.366 e. The van der Waals surface area contributed by atoms with E-state index < -0.39 is 21.8 Å². The molecule has 0 unspecified atom stereocenters. The van der Waals surface area contributed by atoms with Crippen molar-refractivity contribution in [2.24, 2.45) is 5.73 Å². The Bertz CT molecular complexity index is 1200. The number of carbonyl (C=O) groups is 2. The molecule has 2 amide bonds. The number of nitrogens with one attached hydrogen (secondary N) is 2. The van der Waals surface area contributed by atoms with Gasteiger partial charge in [0.1, 0.15) is 0 Å². The summed E-state index contributed by atoms with van der Waals surface area (Å²) in [7, 11) is -3.78. The minimum atomic E-state index is -3.78. The molecule has 0 aromatic heterocycles. The summed E-state index contributed by atoms with van der Waals surface area (Å²) < 4.78 is 27.8. The van der Waals surface area contributed by atoms with E-state index in [0.717, 1.165) is 11.1 Å². The SMILES string of the molecule is Cc1ccc(NS(=O)(=O)c2ccc(C(=O)Nc3ccc(C(N)=O)cc3)cc2)cc1C. The van der Waals surface area contributed by atoms with Crippen molar-refractivity contribution in [1.82, 2.24) is 0 Å². The molecule has 3 aromatic carbocycles. The lowest BCUT2D eigenvalue weighted by Crippen LogP contribution is -2.15. The average Bonchev–Trinajstić information content (AvgIpc) is 2.71. The molecule has 0 spiro atoms. The number of nitrogens with two attached hydrogens (primary N) is 1. The fourth-order valence-electron chi connectivity index (χ4n) is 2.73. The molecule has 0 aliphatic carbocycles. The number of primary amides is 1. The van der Waals surface area contributed by atoms with Crippen molar-refractivity contribution in [2.45, 2.75) is 18.7 Å². The lowest BCUT2D eigenvalue weighted by atomic mass is 10.1. The van der Waals surface area contributed by atoms with Crippen molar-refractivity contribution in [3.05, 3.63) is 89.0 Å². The van der Waals surface area contributed by atoms with Crippen molar-refractivity contribution in [2.75, 3.05) is 10.0 Å². The molecular formula is C22H21N3O4S. The molecule has 30 heavy (non-hydrogen) atoms. The quantitative estimate of drug-likeness (QED) is 0.563. The Morgan fingerprint density at radius 2 is 1.33 bits per heavy atom. The van der Waals surface area contributed by atoms with Gasteiger partial charge in [-0.2, -0.15) is 0 Å². The van der Waals surface area contributed by atoms with Gasteiger partial charge in [0.25, 0.3) is 15.9 Å². The number of hydrogen-bond acceptors (Lipinski definition) is 4. The number of hydrogen-bond donors (Lipinski definition) is 3. The van der Waals surface area contributed by atoms with Crippen LogP contribution in [0.4, 0.5) is 11.4 Å². The first-order valence-corrected chi connectivity index (χ1v) is 10.6. The topological polar surface area (TPSA) is 118 Å². The number of carbonyl (C=O) groups excluding carboxylic acids is 2. The van der Waals surface area contributed by atoms with Crippen LogP contribution >= 0.6 is 0 Å². The van der Waals surface area contributed by atoms with Gasteiger partial charge in [0.15, 0.2) is 0 Å². The predicted octanol–water partition coefficient (Wildman–Crippen LogP) is 3.46. The van der Waals surface area contributed by atoms with Crippen LogP contribution in [0.2, 0.25) is 0 Å². The van der Waals surface area contributed by atoms with Crippen molar-refractivity contribution in [3.8, 4) is 0 Å². The zero-order valence-electron chi connectivity index (χ0n) is 16.5.